The highest BCUT2D eigenvalue weighted by Crippen LogP contribution is 2.22. The second kappa shape index (κ2) is 8.01. The first-order valence-electron chi connectivity index (χ1n) is 8.91. The Balaban J connectivity index is 1.62. The maximum Gasteiger partial charge on any atom is 0.274 e. The minimum absolute atomic E-state index is 0.206. The van der Waals surface area contributed by atoms with Gasteiger partial charge in [0.05, 0.1) is 18.5 Å². The zero-order valence-electron chi connectivity index (χ0n) is 14.9. The fourth-order valence-electron chi connectivity index (χ4n) is 3.13. The number of rotatable bonds is 5. The molecule has 1 fully saturated rings. The highest BCUT2D eigenvalue weighted by Gasteiger charge is 2.17. The number of nitrogens with one attached hydrogen (secondary N) is 1. The number of carbonyl (C=O) groups is 1. The highest BCUT2D eigenvalue weighted by molar-refractivity contribution is 6.02. The van der Waals surface area contributed by atoms with Gasteiger partial charge in [-0.15, -0.1) is 0 Å². The average molecular weight is 339 g/mol. The molecule has 2 aromatic rings. The van der Waals surface area contributed by atoms with Crippen molar-refractivity contribution in [1.82, 2.24) is 4.98 Å². The lowest BCUT2D eigenvalue weighted by Gasteiger charge is -2.32. The van der Waals surface area contributed by atoms with Gasteiger partial charge < -0.3 is 15.0 Å². The van der Waals surface area contributed by atoms with Crippen LogP contribution in [0.1, 0.15) is 37.2 Å². The van der Waals surface area contributed by atoms with Crippen LogP contribution in [0, 0.1) is 5.92 Å². The van der Waals surface area contributed by atoms with Crippen LogP contribution in [0.5, 0.6) is 5.75 Å². The predicted molar refractivity (Wildman–Crippen MR) is 100 cm³/mol. The largest absolute Gasteiger partial charge is 0.494 e. The van der Waals surface area contributed by atoms with E-state index in [-0.39, 0.29) is 5.91 Å². The lowest BCUT2D eigenvalue weighted by molar-refractivity contribution is 0.102. The van der Waals surface area contributed by atoms with E-state index in [0.29, 0.717) is 18.2 Å². The minimum Gasteiger partial charge on any atom is -0.494 e. The van der Waals surface area contributed by atoms with Crippen LogP contribution in [0.15, 0.2) is 42.6 Å². The second-order valence-corrected chi connectivity index (χ2v) is 6.51. The number of pyridine rings is 1. The molecule has 1 N–H and O–H groups in total. The lowest BCUT2D eigenvalue weighted by atomic mass is 10.00. The molecule has 0 saturated carbocycles. The second-order valence-electron chi connectivity index (χ2n) is 6.51. The summed E-state index contributed by atoms with van der Waals surface area (Å²) in [7, 11) is 0. The van der Waals surface area contributed by atoms with Gasteiger partial charge >= 0.3 is 0 Å². The monoisotopic (exact) mass is 339 g/mol. The number of aromatic nitrogens is 1. The van der Waals surface area contributed by atoms with Crippen LogP contribution >= 0.6 is 0 Å². The van der Waals surface area contributed by atoms with Crippen molar-refractivity contribution in [2.75, 3.05) is 29.9 Å². The molecule has 1 atom stereocenters. The molecule has 1 saturated heterocycles. The van der Waals surface area contributed by atoms with Crippen LogP contribution in [-0.4, -0.2) is 30.6 Å². The molecule has 1 aliphatic rings. The van der Waals surface area contributed by atoms with Gasteiger partial charge in [0.15, 0.2) is 0 Å². The maximum atomic E-state index is 12.3. The molecule has 1 amide bonds. The van der Waals surface area contributed by atoms with E-state index in [1.807, 2.05) is 37.3 Å². The summed E-state index contributed by atoms with van der Waals surface area (Å²) in [6, 6.07) is 11.1. The Labute approximate surface area is 149 Å². The Morgan fingerprint density at radius 3 is 2.72 bits per heavy atom. The molecule has 1 unspecified atom stereocenters. The van der Waals surface area contributed by atoms with Crippen LogP contribution in [0.2, 0.25) is 0 Å². The number of ether oxygens (including phenoxy) is 1. The Hall–Kier alpha value is -2.56. The van der Waals surface area contributed by atoms with Crippen LogP contribution < -0.4 is 15.0 Å². The van der Waals surface area contributed by atoms with E-state index in [4.69, 9.17) is 4.74 Å². The number of nitrogens with zero attached hydrogens (tertiary/aromatic N) is 2. The van der Waals surface area contributed by atoms with Crippen molar-refractivity contribution in [2.45, 2.75) is 26.7 Å². The third kappa shape index (κ3) is 4.50. The van der Waals surface area contributed by atoms with Gasteiger partial charge in [-0.1, -0.05) is 6.92 Å². The number of carbonyl (C=O) groups excluding carboxylic acids is 1. The molecule has 0 radical (unpaired) electrons. The standard InChI is InChI=1S/C20H25N3O2/c1-3-25-18-9-6-16(7-10-18)22-20(24)19-11-8-17(13-21-19)23-12-4-5-15(2)14-23/h6-11,13,15H,3-5,12,14H2,1-2H3,(H,22,24). The Morgan fingerprint density at radius 1 is 1.28 bits per heavy atom. The van der Waals surface area contributed by atoms with E-state index in [1.165, 1.54) is 12.8 Å². The smallest absolute Gasteiger partial charge is 0.274 e. The molecule has 5 nitrogen and oxygen atoms in total. The minimum atomic E-state index is -0.206. The third-order valence-corrected chi connectivity index (χ3v) is 4.43. The molecule has 3 rings (SSSR count). The fraction of sp³-hybridized carbons (Fsp3) is 0.400. The molecule has 0 spiro atoms. The van der Waals surface area contributed by atoms with Crippen molar-refractivity contribution < 1.29 is 9.53 Å². The molecule has 132 valence electrons. The number of hydrogen-bond acceptors (Lipinski definition) is 4. The summed E-state index contributed by atoms with van der Waals surface area (Å²) in [5, 5.41) is 2.86. The Kier molecular flexibility index (Phi) is 5.53. The van der Waals surface area contributed by atoms with Crippen molar-refractivity contribution in [3.63, 3.8) is 0 Å². The van der Waals surface area contributed by atoms with Crippen molar-refractivity contribution in [2.24, 2.45) is 5.92 Å². The van der Waals surface area contributed by atoms with E-state index < -0.39 is 0 Å². The third-order valence-electron chi connectivity index (χ3n) is 4.43. The predicted octanol–water partition coefficient (Wildman–Crippen LogP) is 3.97. The van der Waals surface area contributed by atoms with Crippen molar-refractivity contribution >= 4 is 17.3 Å². The van der Waals surface area contributed by atoms with Gasteiger partial charge in [0.25, 0.3) is 5.91 Å². The first-order valence-corrected chi connectivity index (χ1v) is 8.91. The lowest BCUT2D eigenvalue weighted by Crippen LogP contribution is -2.34. The first-order chi connectivity index (χ1) is 12.2. The molecular weight excluding hydrogens is 314 g/mol. The summed E-state index contributed by atoms with van der Waals surface area (Å²) in [4.78, 5) is 19.0. The molecule has 0 aliphatic carbocycles. The highest BCUT2D eigenvalue weighted by atomic mass is 16.5. The molecule has 0 bridgehead atoms. The van der Waals surface area contributed by atoms with E-state index in [0.717, 1.165) is 30.2 Å². The van der Waals surface area contributed by atoms with E-state index in [2.05, 4.69) is 22.1 Å². The summed E-state index contributed by atoms with van der Waals surface area (Å²) in [5.74, 6) is 1.29. The Morgan fingerprint density at radius 2 is 2.08 bits per heavy atom. The van der Waals surface area contributed by atoms with Crippen molar-refractivity contribution in [1.29, 1.82) is 0 Å². The van der Waals surface area contributed by atoms with Crippen LogP contribution in [0.3, 0.4) is 0 Å². The maximum absolute atomic E-state index is 12.3. The SMILES string of the molecule is CCOc1ccc(NC(=O)c2ccc(N3CCCC(C)C3)cn2)cc1. The molecule has 1 aromatic carbocycles. The summed E-state index contributed by atoms with van der Waals surface area (Å²) in [5.41, 5.74) is 2.23. The number of hydrogen-bond donors (Lipinski definition) is 1. The summed E-state index contributed by atoms with van der Waals surface area (Å²) in [6.45, 7) is 6.95. The van der Waals surface area contributed by atoms with Crippen molar-refractivity contribution in [3.8, 4) is 5.75 Å². The average Bonchev–Trinajstić information content (AvgIpc) is 2.64. The Bertz CT molecular complexity index is 698. The quantitative estimate of drug-likeness (QED) is 0.895. The normalized spacial score (nSPS) is 17.2. The molecule has 5 heteroatoms. The van der Waals surface area contributed by atoms with Gasteiger partial charge in [-0.25, -0.2) is 4.98 Å². The molecule has 2 heterocycles. The van der Waals surface area contributed by atoms with Gasteiger partial charge in [0.2, 0.25) is 0 Å². The number of benzene rings is 1. The summed E-state index contributed by atoms with van der Waals surface area (Å²) in [6.07, 6.45) is 4.29. The molecule has 1 aliphatic heterocycles. The topological polar surface area (TPSA) is 54.5 Å². The van der Waals surface area contributed by atoms with E-state index in [9.17, 15) is 4.79 Å². The van der Waals surface area contributed by atoms with Crippen LogP contribution in [0.4, 0.5) is 11.4 Å². The fourth-order valence-corrected chi connectivity index (χ4v) is 3.13. The summed E-state index contributed by atoms with van der Waals surface area (Å²) < 4.78 is 5.40. The van der Waals surface area contributed by atoms with Crippen molar-refractivity contribution in [3.05, 3.63) is 48.3 Å². The van der Waals surface area contributed by atoms with Gasteiger partial charge in [-0.05, 0) is 62.1 Å². The summed E-state index contributed by atoms with van der Waals surface area (Å²) >= 11 is 0. The molecular formula is C20H25N3O2. The van der Waals surface area contributed by atoms with Gasteiger partial charge in [0.1, 0.15) is 11.4 Å². The zero-order chi connectivity index (χ0) is 17.6. The molecule has 25 heavy (non-hydrogen) atoms. The first kappa shape index (κ1) is 17.3. The zero-order valence-corrected chi connectivity index (χ0v) is 14.9. The molecule has 1 aromatic heterocycles. The van der Waals surface area contributed by atoms with Gasteiger partial charge in [0, 0.05) is 18.8 Å². The number of amides is 1. The van der Waals surface area contributed by atoms with E-state index in [1.54, 1.807) is 12.3 Å². The number of anilines is 2. The van der Waals surface area contributed by atoms with Gasteiger partial charge in [-0.2, -0.15) is 0 Å². The van der Waals surface area contributed by atoms with Crippen LogP contribution in [0.25, 0.3) is 0 Å². The number of piperidine rings is 1. The van der Waals surface area contributed by atoms with E-state index >= 15 is 0 Å². The van der Waals surface area contributed by atoms with Crippen LogP contribution in [-0.2, 0) is 0 Å². The van der Waals surface area contributed by atoms with Gasteiger partial charge in [-0.3, -0.25) is 4.79 Å².